The molecule has 1 aromatic carbocycles. The van der Waals surface area contributed by atoms with E-state index in [-0.39, 0.29) is 66.6 Å². The molecular formula is C24H28BrClF5N7O4S. The van der Waals surface area contributed by atoms with Crippen LogP contribution in [0.5, 0.6) is 0 Å². The third kappa shape index (κ3) is 7.34. The lowest BCUT2D eigenvalue weighted by atomic mass is 10.2. The van der Waals surface area contributed by atoms with Gasteiger partial charge in [0.2, 0.25) is 16.4 Å². The Morgan fingerprint density at radius 1 is 1.12 bits per heavy atom. The van der Waals surface area contributed by atoms with E-state index < -0.39 is 49.8 Å². The van der Waals surface area contributed by atoms with E-state index in [9.17, 15) is 33.8 Å². The summed E-state index contributed by atoms with van der Waals surface area (Å²) in [6, 6.07) is 0.833. The van der Waals surface area contributed by atoms with Gasteiger partial charge in [0.15, 0.2) is 0 Å². The van der Waals surface area contributed by atoms with E-state index in [2.05, 4.69) is 31.3 Å². The fourth-order valence-corrected chi connectivity index (χ4v) is 5.79. The number of hydrogen-bond acceptors (Lipinski definition) is 7. The number of carbonyl (C=O) groups is 2. The summed E-state index contributed by atoms with van der Waals surface area (Å²) in [6.07, 6.45) is -0.232. The predicted octanol–water partition coefficient (Wildman–Crippen LogP) is 6.22. The van der Waals surface area contributed by atoms with Crippen LogP contribution in [-0.2, 0) is 22.5 Å². The molecule has 1 saturated heterocycles. The molecule has 0 radical (unpaired) electrons. The lowest BCUT2D eigenvalue weighted by Crippen LogP contribution is -2.51. The minimum Gasteiger partial charge on any atom is -0.444 e. The van der Waals surface area contributed by atoms with Crippen molar-refractivity contribution in [2.75, 3.05) is 36.4 Å². The maximum atomic E-state index is 13.6. The summed E-state index contributed by atoms with van der Waals surface area (Å²) in [5, 5.41) is 5.67. The molecule has 43 heavy (non-hydrogen) atoms. The van der Waals surface area contributed by atoms with Crippen LogP contribution >= 0.6 is 37.8 Å². The molecule has 1 N–H and O–H groups in total. The molecule has 4 rings (SSSR count). The average molecular weight is 721 g/mol. The van der Waals surface area contributed by atoms with Crippen LogP contribution < -0.4 is 15.8 Å². The molecule has 2 amide bonds. The second-order valence-electron chi connectivity index (χ2n) is 10.7. The first-order valence-corrected chi connectivity index (χ1v) is 15.9. The summed E-state index contributed by atoms with van der Waals surface area (Å²) < 4.78 is 73.8. The number of nitrogens with one attached hydrogen (secondary N) is 1. The highest BCUT2D eigenvalue weighted by Gasteiger charge is 2.65. The van der Waals surface area contributed by atoms with Gasteiger partial charge in [-0.2, -0.15) is 9.50 Å². The molecule has 1 aliphatic rings. The van der Waals surface area contributed by atoms with Crippen LogP contribution in [0, 0.1) is 0 Å². The van der Waals surface area contributed by atoms with E-state index in [0.29, 0.717) is 11.8 Å². The molecule has 0 atom stereocenters. The summed E-state index contributed by atoms with van der Waals surface area (Å²) in [5.74, 6) is -0.788. The molecular weight excluding hydrogens is 693 g/mol. The molecule has 3 heterocycles. The fourth-order valence-electron chi connectivity index (χ4n) is 4.51. The first-order valence-electron chi connectivity index (χ1n) is 12.8. The van der Waals surface area contributed by atoms with Crippen molar-refractivity contribution >= 4 is 66.9 Å². The maximum absolute atomic E-state index is 13.6. The van der Waals surface area contributed by atoms with Crippen molar-refractivity contribution in [3.05, 3.63) is 44.0 Å². The number of amides is 2. The molecule has 1 aliphatic heterocycles. The minimum absolute atomic E-state index is 0.00220. The van der Waals surface area contributed by atoms with Gasteiger partial charge in [-0.05, 0) is 61.3 Å². The van der Waals surface area contributed by atoms with Gasteiger partial charge in [-0.1, -0.05) is 38.0 Å². The van der Waals surface area contributed by atoms with Crippen molar-refractivity contribution in [2.45, 2.75) is 51.2 Å². The van der Waals surface area contributed by atoms with Crippen molar-refractivity contribution in [1.29, 1.82) is 0 Å². The monoisotopic (exact) mass is 719 g/mol. The van der Waals surface area contributed by atoms with Crippen molar-refractivity contribution in [3.63, 3.8) is 0 Å². The SMILES string of the molecule is CCc1c(N2CCN(C(=O)OC(C)(C)C)CC2)c(=O)n2nc(Br)nc2n1CC(=O)Nc1ccc(S(F)(F)(F)(F)F)cc1Cl. The number of rotatable bonds is 6. The number of piperazine rings is 1. The van der Waals surface area contributed by atoms with Gasteiger partial charge in [-0.25, -0.2) is 4.79 Å². The Hall–Kier alpha value is -3.12. The van der Waals surface area contributed by atoms with Crippen LogP contribution in [0.25, 0.3) is 5.78 Å². The normalized spacial score (nSPS) is 16.2. The van der Waals surface area contributed by atoms with E-state index in [0.717, 1.165) is 4.52 Å². The second-order valence-corrected chi connectivity index (χ2v) is 14.3. The van der Waals surface area contributed by atoms with Gasteiger partial charge in [0.25, 0.3) is 5.56 Å². The number of nitrogens with zero attached hydrogens (tertiary/aromatic N) is 6. The first-order chi connectivity index (χ1) is 19.6. The Morgan fingerprint density at radius 2 is 1.74 bits per heavy atom. The predicted molar refractivity (Wildman–Crippen MR) is 156 cm³/mol. The fraction of sp³-hybridized carbons (Fsp3) is 0.458. The van der Waals surface area contributed by atoms with Crippen LogP contribution in [0.3, 0.4) is 0 Å². The van der Waals surface area contributed by atoms with Gasteiger partial charge in [0.1, 0.15) is 22.7 Å². The maximum Gasteiger partial charge on any atom is 0.410 e. The summed E-state index contributed by atoms with van der Waals surface area (Å²) in [5.41, 5.74) is -0.890. The van der Waals surface area contributed by atoms with Crippen molar-refractivity contribution in [2.24, 2.45) is 0 Å². The number of fused-ring (bicyclic) bond motifs is 1. The number of anilines is 2. The molecule has 3 aromatic rings. The third-order valence-electron chi connectivity index (χ3n) is 6.34. The van der Waals surface area contributed by atoms with E-state index in [1.807, 2.05) is 0 Å². The van der Waals surface area contributed by atoms with Crippen LogP contribution in [0.1, 0.15) is 33.4 Å². The number of halogens is 7. The summed E-state index contributed by atoms with van der Waals surface area (Å²) in [4.78, 5) is 44.5. The molecule has 11 nitrogen and oxygen atoms in total. The topological polar surface area (TPSA) is 114 Å². The quantitative estimate of drug-likeness (QED) is 0.301. The van der Waals surface area contributed by atoms with Gasteiger partial charge in [-0.3, -0.25) is 9.59 Å². The van der Waals surface area contributed by atoms with E-state index >= 15 is 0 Å². The summed E-state index contributed by atoms with van der Waals surface area (Å²) in [7, 11) is -9.98. The third-order valence-corrected chi connectivity index (χ3v) is 8.14. The molecule has 0 spiro atoms. The van der Waals surface area contributed by atoms with Crippen LogP contribution in [0.2, 0.25) is 5.02 Å². The van der Waals surface area contributed by atoms with Crippen molar-refractivity contribution in [1.82, 2.24) is 24.1 Å². The zero-order valence-corrected chi connectivity index (χ0v) is 26.5. The van der Waals surface area contributed by atoms with E-state index in [1.54, 1.807) is 32.6 Å². The standard InChI is InChI=1S/C24H28BrClF5N7O4S/c1-5-17-19(35-8-10-36(11-9-35)23(41)42-24(2,3)4)20(40)38-22(33-21(25)34-38)37(17)13-18(39)32-16-7-6-14(12-15(16)26)43(27,28,29,30)31/h6-7,12H,5,8-11,13H2,1-4H3,(H,32,39). The molecule has 0 saturated carbocycles. The van der Waals surface area contributed by atoms with E-state index in [4.69, 9.17) is 16.3 Å². The highest BCUT2D eigenvalue weighted by molar-refractivity contribution is 9.10. The Bertz CT molecular complexity index is 1670. The highest BCUT2D eigenvalue weighted by atomic mass is 79.9. The summed E-state index contributed by atoms with van der Waals surface area (Å²) >= 11 is 8.96. The van der Waals surface area contributed by atoms with Gasteiger partial charge >= 0.3 is 16.3 Å². The molecule has 1 fully saturated rings. The Labute approximate surface area is 255 Å². The van der Waals surface area contributed by atoms with Gasteiger partial charge in [0, 0.05) is 26.2 Å². The number of benzene rings is 1. The Kier molecular flexibility index (Phi) is 8.01. The van der Waals surface area contributed by atoms with Crippen molar-refractivity contribution in [3.8, 4) is 0 Å². The summed E-state index contributed by atoms with van der Waals surface area (Å²) in [6.45, 7) is 7.57. The minimum atomic E-state index is -9.98. The zero-order chi connectivity index (χ0) is 32.2. The largest absolute Gasteiger partial charge is 0.444 e. The van der Waals surface area contributed by atoms with Crippen LogP contribution in [0.15, 0.2) is 32.6 Å². The average Bonchev–Trinajstić information content (AvgIpc) is 3.26. The highest BCUT2D eigenvalue weighted by Crippen LogP contribution is 3.02. The number of aromatic nitrogens is 4. The molecule has 0 unspecified atom stereocenters. The van der Waals surface area contributed by atoms with Crippen LogP contribution in [0.4, 0.5) is 35.6 Å². The van der Waals surface area contributed by atoms with E-state index in [1.165, 1.54) is 9.47 Å². The molecule has 238 valence electrons. The van der Waals surface area contributed by atoms with Gasteiger partial charge in [0.05, 0.1) is 16.4 Å². The number of ether oxygens (including phenoxy) is 1. The number of hydrogen-bond donors (Lipinski definition) is 1. The lowest BCUT2D eigenvalue weighted by Gasteiger charge is -2.40. The smallest absolute Gasteiger partial charge is 0.410 e. The molecule has 0 aliphatic carbocycles. The second kappa shape index (κ2) is 10.5. The molecule has 2 aromatic heterocycles. The number of carbonyl (C=O) groups excluding carboxylic acids is 2. The van der Waals surface area contributed by atoms with Gasteiger partial charge in [-0.15, -0.1) is 5.10 Å². The molecule has 0 bridgehead atoms. The lowest BCUT2D eigenvalue weighted by molar-refractivity contribution is -0.116. The Morgan fingerprint density at radius 3 is 2.28 bits per heavy atom. The zero-order valence-electron chi connectivity index (χ0n) is 23.3. The Balaban J connectivity index is 1.65. The first kappa shape index (κ1) is 32.8. The van der Waals surface area contributed by atoms with Crippen LogP contribution in [-0.4, -0.2) is 67.8 Å². The van der Waals surface area contributed by atoms with Gasteiger partial charge < -0.3 is 24.4 Å². The van der Waals surface area contributed by atoms with Crippen molar-refractivity contribution < 1.29 is 33.8 Å². The molecule has 19 heteroatoms.